The monoisotopic (exact) mass is 430 g/mol. The summed E-state index contributed by atoms with van der Waals surface area (Å²) in [5.74, 6) is -2.00. The minimum atomic E-state index is -1.00. The van der Waals surface area contributed by atoms with Crippen molar-refractivity contribution < 1.29 is 18.1 Å². The van der Waals surface area contributed by atoms with Crippen LogP contribution in [0.1, 0.15) is 10.4 Å². The Morgan fingerprint density at radius 1 is 1.21 bits per heavy atom. The lowest BCUT2D eigenvalue weighted by molar-refractivity contribution is 0.102. The van der Waals surface area contributed by atoms with Crippen LogP contribution in [0.25, 0.3) is 22.2 Å². The van der Waals surface area contributed by atoms with Crippen LogP contribution in [0.15, 0.2) is 57.5 Å². The first-order chi connectivity index (χ1) is 14.1. The molecule has 4 aromatic rings. The average molecular weight is 430 g/mol. The van der Waals surface area contributed by atoms with Crippen LogP contribution in [0.4, 0.5) is 14.5 Å². The van der Waals surface area contributed by atoms with Gasteiger partial charge in [0.15, 0.2) is 11.6 Å². The Hall–Kier alpha value is -3.11. The van der Waals surface area contributed by atoms with Crippen molar-refractivity contribution in [2.75, 3.05) is 11.6 Å². The summed E-state index contributed by atoms with van der Waals surface area (Å²) in [5.41, 5.74) is 1.22. The van der Waals surface area contributed by atoms with Gasteiger partial charge in [0.25, 0.3) is 11.8 Å². The van der Waals surface area contributed by atoms with Gasteiger partial charge in [-0.05, 0) is 48.0 Å². The molecule has 0 atom stereocenters. The maximum Gasteiger partial charge on any atom is 0.270 e. The van der Waals surface area contributed by atoms with Crippen LogP contribution >= 0.6 is 23.1 Å². The van der Waals surface area contributed by atoms with E-state index in [0.29, 0.717) is 21.2 Å². The van der Waals surface area contributed by atoms with E-state index in [1.165, 1.54) is 29.2 Å². The minimum Gasteiger partial charge on any atom is -0.333 e. The fourth-order valence-corrected chi connectivity index (χ4v) is 3.87. The molecule has 0 aliphatic heterocycles. The highest BCUT2D eigenvalue weighted by Gasteiger charge is 2.19. The Balaban J connectivity index is 1.61. The maximum absolute atomic E-state index is 13.5. The van der Waals surface area contributed by atoms with Gasteiger partial charge in [-0.15, -0.1) is 23.1 Å². The summed E-state index contributed by atoms with van der Waals surface area (Å²) in [5, 5.41) is 9.03. The van der Waals surface area contributed by atoms with Crippen molar-refractivity contribution in [3.63, 3.8) is 0 Å². The van der Waals surface area contributed by atoms with Gasteiger partial charge in [-0.2, -0.15) is 4.98 Å². The van der Waals surface area contributed by atoms with Crippen LogP contribution in [-0.4, -0.2) is 27.3 Å². The maximum atomic E-state index is 13.5. The molecular formula is C19H12F2N4O2S2. The molecule has 3 aromatic heterocycles. The van der Waals surface area contributed by atoms with Gasteiger partial charge < -0.3 is 9.84 Å². The Kier molecular flexibility index (Phi) is 5.36. The van der Waals surface area contributed by atoms with Gasteiger partial charge in [-0.1, -0.05) is 5.16 Å². The second kappa shape index (κ2) is 8.10. The molecule has 29 heavy (non-hydrogen) atoms. The number of carbonyl (C=O) groups is 1. The Labute approximate surface area is 172 Å². The van der Waals surface area contributed by atoms with Crippen molar-refractivity contribution in [3.8, 4) is 22.2 Å². The van der Waals surface area contributed by atoms with Crippen LogP contribution < -0.4 is 5.32 Å². The van der Waals surface area contributed by atoms with E-state index >= 15 is 0 Å². The van der Waals surface area contributed by atoms with Crippen molar-refractivity contribution >= 4 is 34.7 Å². The number of anilines is 1. The molecule has 0 radical (unpaired) electrons. The number of carbonyl (C=O) groups excluding carboxylic acids is 1. The fraction of sp³-hybridized carbons (Fsp3) is 0.0526. The Morgan fingerprint density at radius 3 is 2.86 bits per heavy atom. The summed E-state index contributed by atoms with van der Waals surface area (Å²) in [6.45, 7) is 0. The predicted molar refractivity (Wildman–Crippen MR) is 107 cm³/mol. The fourth-order valence-electron chi connectivity index (χ4n) is 2.56. The van der Waals surface area contributed by atoms with E-state index in [4.69, 9.17) is 4.52 Å². The van der Waals surface area contributed by atoms with Crippen LogP contribution in [0.3, 0.4) is 0 Å². The molecule has 0 saturated heterocycles. The molecule has 3 heterocycles. The molecule has 4 rings (SSSR count). The van der Waals surface area contributed by atoms with E-state index in [9.17, 15) is 13.6 Å². The van der Waals surface area contributed by atoms with Crippen molar-refractivity contribution in [2.45, 2.75) is 5.03 Å². The van der Waals surface area contributed by atoms with E-state index in [2.05, 4.69) is 20.4 Å². The van der Waals surface area contributed by atoms with Gasteiger partial charge in [-0.25, -0.2) is 13.8 Å². The first kappa shape index (κ1) is 19.2. The quantitative estimate of drug-likeness (QED) is 0.443. The normalized spacial score (nSPS) is 10.9. The number of thiophene rings is 1. The van der Waals surface area contributed by atoms with Crippen LogP contribution in [0.5, 0.6) is 0 Å². The lowest BCUT2D eigenvalue weighted by atomic mass is 10.2. The standard InChI is InChI=1S/C19H12F2N4O2S2/c1-28-19-11(3-2-7-22-19)17(26)23-14-6-8-29-15(14)18-24-16(25-27-18)10-4-5-12(20)13(21)9-10/h2-9H,1H3,(H,23,26). The summed E-state index contributed by atoms with van der Waals surface area (Å²) in [6, 6.07) is 8.44. The zero-order chi connectivity index (χ0) is 20.4. The third kappa shape index (κ3) is 3.89. The molecule has 0 spiro atoms. The van der Waals surface area contributed by atoms with Gasteiger partial charge in [0.05, 0.1) is 11.3 Å². The van der Waals surface area contributed by atoms with E-state index in [-0.39, 0.29) is 23.2 Å². The second-order valence-corrected chi connectivity index (χ2v) is 7.44. The molecule has 0 unspecified atom stereocenters. The molecular weight excluding hydrogens is 418 g/mol. The summed E-state index contributed by atoms with van der Waals surface area (Å²) in [4.78, 5) is 21.6. The van der Waals surface area contributed by atoms with Gasteiger partial charge in [-0.3, -0.25) is 4.79 Å². The number of hydrogen-bond donors (Lipinski definition) is 1. The molecule has 1 amide bonds. The molecule has 1 aromatic carbocycles. The lowest BCUT2D eigenvalue weighted by Gasteiger charge is -2.07. The van der Waals surface area contributed by atoms with Gasteiger partial charge in [0.1, 0.15) is 9.90 Å². The third-order valence-electron chi connectivity index (χ3n) is 3.92. The zero-order valence-corrected chi connectivity index (χ0v) is 16.5. The second-order valence-electron chi connectivity index (χ2n) is 5.73. The summed E-state index contributed by atoms with van der Waals surface area (Å²) < 4.78 is 31.9. The number of rotatable bonds is 5. The van der Waals surface area contributed by atoms with Crippen LogP contribution in [-0.2, 0) is 0 Å². The Morgan fingerprint density at radius 2 is 2.07 bits per heavy atom. The molecule has 6 nitrogen and oxygen atoms in total. The molecule has 0 saturated carbocycles. The number of hydrogen-bond acceptors (Lipinski definition) is 7. The van der Waals surface area contributed by atoms with Crippen molar-refractivity contribution in [1.82, 2.24) is 15.1 Å². The number of amides is 1. The number of benzene rings is 1. The molecule has 1 N–H and O–H groups in total. The van der Waals surface area contributed by atoms with Crippen molar-refractivity contribution in [1.29, 1.82) is 0 Å². The van der Waals surface area contributed by atoms with Gasteiger partial charge in [0, 0.05) is 11.8 Å². The number of nitrogens with one attached hydrogen (secondary N) is 1. The lowest BCUT2D eigenvalue weighted by Crippen LogP contribution is -2.13. The highest BCUT2D eigenvalue weighted by molar-refractivity contribution is 7.98. The van der Waals surface area contributed by atoms with E-state index < -0.39 is 11.6 Å². The molecule has 0 bridgehead atoms. The number of aromatic nitrogens is 3. The van der Waals surface area contributed by atoms with Gasteiger partial charge >= 0.3 is 0 Å². The van der Waals surface area contributed by atoms with Crippen molar-refractivity contribution in [2.24, 2.45) is 0 Å². The highest BCUT2D eigenvalue weighted by atomic mass is 32.2. The van der Waals surface area contributed by atoms with E-state index in [1.807, 2.05) is 6.26 Å². The summed E-state index contributed by atoms with van der Waals surface area (Å²) in [6.07, 6.45) is 3.46. The molecule has 10 heteroatoms. The van der Waals surface area contributed by atoms with Gasteiger partial charge in [0.2, 0.25) is 5.82 Å². The van der Waals surface area contributed by atoms with E-state index in [0.717, 1.165) is 12.1 Å². The topological polar surface area (TPSA) is 80.9 Å². The number of thioether (sulfide) groups is 1. The Bertz CT molecular complexity index is 1190. The number of nitrogens with zero attached hydrogens (tertiary/aromatic N) is 3. The average Bonchev–Trinajstić information content (AvgIpc) is 3.39. The first-order valence-corrected chi connectivity index (χ1v) is 10.3. The van der Waals surface area contributed by atoms with E-state index in [1.54, 1.807) is 29.8 Å². The third-order valence-corrected chi connectivity index (χ3v) is 5.54. The largest absolute Gasteiger partial charge is 0.333 e. The predicted octanol–water partition coefficient (Wildman–Crippen LogP) is 5.11. The highest BCUT2D eigenvalue weighted by Crippen LogP contribution is 2.34. The molecule has 146 valence electrons. The van der Waals surface area contributed by atoms with Crippen molar-refractivity contribution in [3.05, 3.63) is 65.2 Å². The van der Waals surface area contributed by atoms with Crippen LogP contribution in [0, 0.1) is 11.6 Å². The number of halogens is 2. The first-order valence-electron chi connectivity index (χ1n) is 8.24. The summed E-state index contributed by atoms with van der Waals surface area (Å²) in [7, 11) is 0. The summed E-state index contributed by atoms with van der Waals surface area (Å²) >= 11 is 2.67. The molecule has 0 aliphatic rings. The number of pyridine rings is 1. The molecule has 0 fully saturated rings. The molecule has 0 aliphatic carbocycles. The van der Waals surface area contributed by atoms with Crippen LogP contribution in [0.2, 0.25) is 0 Å². The minimum absolute atomic E-state index is 0.113. The smallest absolute Gasteiger partial charge is 0.270 e. The SMILES string of the molecule is CSc1ncccc1C(=O)Nc1ccsc1-c1nc(-c2ccc(F)c(F)c2)no1. The zero-order valence-electron chi connectivity index (χ0n) is 14.8.